The Morgan fingerprint density at radius 1 is 0.340 bits per heavy atom. The number of rotatable bonds is 4. The summed E-state index contributed by atoms with van der Waals surface area (Å²) >= 11 is 0. The lowest BCUT2D eigenvalue weighted by molar-refractivity contribution is 0.623. The molecule has 2 heteroatoms. The van der Waals surface area contributed by atoms with Crippen LogP contribution in [0.25, 0.3) is 110 Å². The molecule has 0 bridgehead atoms. The highest BCUT2D eigenvalue weighted by Crippen LogP contribution is 2.45. The van der Waals surface area contributed by atoms with Gasteiger partial charge in [-0.1, -0.05) is 158 Å². The fraction of sp³-hybridized carbons (Fsp3) is 0. The van der Waals surface area contributed by atoms with E-state index in [0.29, 0.717) is 5.89 Å². The third-order valence-corrected chi connectivity index (χ3v) is 10.8. The van der Waals surface area contributed by atoms with Gasteiger partial charge in [-0.3, -0.25) is 0 Å². The Morgan fingerprint density at radius 2 is 0.868 bits per heavy atom. The zero-order valence-corrected chi connectivity index (χ0v) is 28.8. The Hall–Kier alpha value is -7.03. The molecule has 53 heavy (non-hydrogen) atoms. The van der Waals surface area contributed by atoms with E-state index in [-0.39, 0.29) is 0 Å². The Kier molecular flexibility index (Phi) is 6.59. The van der Waals surface area contributed by atoms with Gasteiger partial charge in [-0.25, -0.2) is 4.98 Å². The van der Waals surface area contributed by atoms with Crippen LogP contribution < -0.4 is 0 Å². The Labute approximate surface area is 306 Å². The molecule has 0 aliphatic carbocycles. The first-order chi connectivity index (χ1) is 26.3. The van der Waals surface area contributed by atoms with Crippen molar-refractivity contribution in [1.29, 1.82) is 0 Å². The van der Waals surface area contributed by atoms with E-state index in [4.69, 9.17) is 9.40 Å². The Morgan fingerprint density at radius 3 is 1.51 bits per heavy atom. The summed E-state index contributed by atoms with van der Waals surface area (Å²) in [4.78, 5) is 4.87. The van der Waals surface area contributed by atoms with E-state index in [1.807, 2.05) is 30.3 Å². The third-order valence-electron chi connectivity index (χ3n) is 10.8. The molecule has 1 aromatic heterocycles. The highest BCUT2D eigenvalue weighted by Gasteiger charge is 2.19. The Balaban J connectivity index is 1.11. The molecule has 0 saturated heterocycles. The second kappa shape index (κ2) is 11.8. The molecule has 0 saturated carbocycles. The van der Waals surface area contributed by atoms with Crippen molar-refractivity contribution in [1.82, 2.24) is 4.98 Å². The first-order valence-corrected chi connectivity index (χ1v) is 18.1. The van der Waals surface area contributed by atoms with E-state index in [0.717, 1.165) is 32.8 Å². The van der Waals surface area contributed by atoms with Crippen molar-refractivity contribution < 1.29 is 4.42 Å². The molecule has 1 heterocycles. The number of hydrogen-bond acceptors (Lipinski definition) is 2. The number of oxazole rings is 1. The summed E-state index contributed by atoms with van der Waals surface area (Å²) in [6.07, 6.45) is 0. The maximum absolute atomic E-state index is 6.51. The van der Waals surface area contributed by atoms with Crippen LogP contribution in [-0.2, 0) is 0 Å². The van der Waals surface area contributed by atoms with Gasteiger partial charge in [-0.2, -0.15) is 0 Å². The first-order valence-electron chi connectivity index (χ1n) is 18.1. The van der Waals surface area contributed by atoms with Crippen LogP contribution in [0, 0.1) is 0 Å². The number of nitrogens with zero attached hydrogens (tertiary/aromatic N) is 1. The minimum absolute atomic E-state index is 0.641. The Bertz CT molecular complexity index is 3160. The van der Waals surface area contributed by atoms with Crippen molar-refractivity contribution in [3.05, 3.63) is 188 Å². The lowest BCUT2D eigenvalue weighted by atomic mass is 9.85. The molecule has 10 aromatic carbocycles. The van der Waals surface area contributed by atoms with Crippen LogP contribution in [0.4, 0.5) is 0 Å². The van der Waals surface area contributed by atoms with Crippen LogP contribution in [0.2, 0.25) is 0 Å². The van der Waals surface area contributed by atoms with Gasteiger partial charge in [0.1, 0.15) is 5.52 Å². The third kappa shape index (κ3) is 4.70. The molecule has 0 atom stereocenters. The number of aromatic nitrogens is 1. The van der Waals surface area contributed by atoms with E-state index < -0.39 is 0 Å². The summed E-state index contributed by atoms with van der Waals surface area (Å²) in [5, 5.41) is 12.0. The summed E-state index contributed by atoms with van der Waals surface area (Å²) in [5.74, 6) is 0.641. The maximum atomic E-state index is 6.51. The predicted octanol–water partition coefficient (Wildman–Crippen LogP) is 14.3. The quantitative estimate of drug-likeness (QED) is 0.137. The van der Waals surface area contributed by atoms with Gasteiger partial charge in [0.25, 0.3) is 0 Å². The van der Waals surface area contributed by atoms with Gasteiger partial charge in [0.15, 0.2) is 5.58 Å². The van der Waals surface area contributed by atoms with Crippen molar-refractivity contribution >= 4 is 65.0 Å². The van der Waals surface area contributed by atoms with Crippen LogP contribution in [0.15, 0.2) is 192 Å². The van der Waals surface area contributed by atoms with Crippen molar-refractivity contribution in [3.63, 3.8) is 0 Å². The highest BCUT2D eigenvalue weighted by atomic mass is 16.3. The largest absolute Gasteiger partial charge is 0.435 e. The summed E-state index contributed by atoms with van der Waals surface area (Å²) in [6.45, 7) is 0. The number of fused-ring (bicyclic) bond motifs is 8. The van der Waals surface area contributed by atoms with Gasteiger partial charge in [-0.15, -0.1) is 0 Å². The lowest BCUT2D eigenvalue weighted by Crippen LogP contribution is -1.91. The summed E-state index contributed by atoms with van der Waals surface area (Å²) in [7, 11) is 0. The first kappa shape index (κ1) is 29.7. The smallest absolute Gasteiger partial charge is 0.227 e. The van der Waals surface area contributed by atoms with Crippen molar-refractivity contribution in [2.75, 3.05) is 0 Å². The molecule has 0 N–H and O–H groups in total. The van der Waals surface area contributed by atoms with Crippen LogP contribution in [-0.4, -0.2) is 4.98 Å². The van der Waals surface area contributed by atoms with Crippen LogP contribution in [0.5, 0.6) is 0 Å². The van der Waals surface area contributed by atoms with Gasteiger partial charge in [0, 0.05) is 10.9 Å². The van der Waals surface area contributed by atoms with Gasteiger partial charge in [-0.05, 0) is 112 Å². The average Bonchev–Trinajstić information content (AvgIpc) is 3.68. The molecular formula is C51H31NO. The molecule has 0 spiro atoms. The summed E-state index contributed by atoms with van der Waals surface area (Å²) < 4.78 is 6.51. The summed E-state index contributed by atoms with van der Waals surface area (Å²) in [5.41, 5.74) is 10.1. The minimum atomic E-state index is 0.641. The average molecular weight is 674 g/mol. The number of benzene rings is 10. The predicted molar refractivity (Wildman–Crippen MR) is 223 cm³/mol. The van der Waals surface area contributed by atoms with Crippen molar-refractivity contribution in [3.8, 4) is 44.8 Å². The monoisotopic (exact) mass is 673 g/mol. The zero-order chi connectivity index (χ0) is 34.9. The van der Waals surface area contributed by atoms with Gasteiger partial charge >= 0.3 is 0 Å². The molecule has 2 nitrogen and oxygen atoms in total. The van der Waals surface area contributed by atoms with E-state index in [9.17, 15) is 0 Å². The van der Waals surface area contributed by atoms with Crippen LogP contribution in [0.3, 0.4) is 0 Å². The topological polar surface area (TPSA) is 26.0 Å². The van der Waals surface area contributed by atoms with E-state index >= 15 is 0 Å². The molecule has 0 radical (unpaired) electrons. The van der Waals surface area contributed by atoms with Crippen molar-refractivity contribution in [2.24, 2.45) is 0 Å². The van der Waals surface area contributed by atoms with Crippen LogP contribution in [0.1, 0.15) is 0 Å². The van der Waals surface area contributed by atoms with Crippen molar-refractivity contribution in [2.45, 2.75) is 0 Å². The second-order valence-corrected chi connectivity index (χ2v) is 13.8. The fourth-order valence-corrected chi connectivity index (χ4v) is 8.45. The minimum Gasteiger partial charge on any atom is -0.435 e. The normalized spacial score (nSPS) is 11.8. The number of hydrogen-bond donors (Lipinski definition) is 0. The molecule has 0 aliphatic heterocycles. The van der Waals surface area contributed by atoms with Crippen LogP contribution >= 0.6 is 0 Å². The van der Waals surface area contributed by atoms with E-state index in [2.05, 4.69) is 158 Å². The molecule has 0 amide bonds. The van der Waals surface area contributed by atoms with E-state index in [1.54, 1.807) is 0 Å². The second-order valence-electron chi connectivity index (χ2n) is 13.8. The van der Waals surface area contributed by atoms with Gasteiger partial charge in [0.2, 0.25) is 5.89 Å². The van der Waals surface area contributed by atoms with E-state index in [1.165, 1.54) is 71.1 Å². The van der Waals surface area contributed by atoms with Gasteiger partial charge < -0.3 is 4.42 Å². The maximum Gasteiger partial charge on any atom is 0.227 e. The lowest BCUT2D eigenvalue weighted by Gasteiger charge is -2.18. The molecular weight excluding hydrogens is 643 g/mol. The standard InChI is InChI=1S/C51H31NO/c1-3-12-32(13-4-1)39-21-11-16-35-30-37(24-27-40(35)39)47-42-17-7-9-19-44(42)48(45-20-10-8-18-43(45)47)38-25-28-41-36(31-38)23-22-33-26-29-46-50(49(33)41)53-51(52-46)34-14-5-2-6-15-34/h1-31H. The molecule has 11 rings (SSSR count). The molecule has 11 aromatic rings. The zero-order valence-electron chi connectivity index (χ0n) is 28.8. The SMILES string of the molecule is c1ccc(-c2nc3ccc4ccc5cc(-c6c7ccccc7c(-c7ccc8c(-c9ccccc9)cccc8c7)c7ccccc67)ccc5c4c3o2)cc1. The molecule has 0 fully saturated rings. The summed E-state index contributed by atoms with van der Waals surface area (Å²) in [6, 6.07) is 67.7. The molecule has 0 unspecified atom stereocenters. The van der Waals surface area contributed by atoms with Gasteiger partial charge in [0.05, 0.1) is 0 Å². The molecule has 0 aliphatic rings. The highest BCUT2D eigenvalue weighted by molar-refractivity contribution is 6.23. The molecule has 246 valence electrons. The fourth-order valence-electron chi connectivity index (χ4n) is 8.45.